The summed E-state index contributed by atoms with van der Waals surface area (Å²) in [6.07, 6.45) is -0.292. The highest BCUT2D eigenvalue weighted by Gasteiger charge is 2.18. The van der Waals surface area contributed by atoms with Crippen molar-refractivity contribution in [3.05, 3.63) is 0 Å². The zero-order chi connectivity index (χ0) is 8.39. The van der Waals surface area contributed by atoms with E-state index in [1.807, 2.05) is 0 Å². The molecule has 1 amide bonds. The topological polar surface area (TPSA) is 65.8 Å². The number of rotatable bonds is 0. The molecule has 2 aliphatic rings. The molecular formula is C7H6N4O. The minimum Gasteiger partial charge on any atom is -0.283 e. The van der Waals surface area contributed by atoms with Crippen LogP contribution in [0.4, 0.5) is 0 Å². The van der Waals surface area contributed by atoms with Gasteiger partial charge in [0, 0.05) is 6.67 Å². The summed E-state index contributed by atoms with van der Waals surface area (Å²) in [5.74, 6) is 5.17. The van der Waals surface area contributed by atoms with Crippen molar-refractivity contribution >= 4 is 11.9 Å². The number of nitrogens with zero attached hydrogens (tertiary/aromatic N) is 2. The first-order valence-corrected chi connectivity index (χ1v) is 3.53. The standard InChI is InChI=1S/C7H6N4O/c12-7-5-1-2-6(9-3-8-5)10-4-11-7/h5-6,8-9H,3H2. The van der Waals surface area contributed by atoms with Gasteiger partial charge in [-0.25, -0.2) is 0 Å². The van der Waals surface area contributed by atoms with Crippen molar-refractivity contribution in [1.29, 1.82) is 0 Å². The lowest BCUT2D eigenvalue weighted by Crippen LogP contribution is -2.39. The molecule has 0 radical (unpaired) electrons. The molecule has 0 fully saturated rings. The van der Waals surface area contributed by atoms with Crippen LogP contribution in [0.25, 0.3) is 0 Å². The first-order chi connectivity index (χ1) is 5.86. The number of nitrogens with one attached hydrogen (secondary N) is 2. The second-order valence-corrected chi connectivity index (χ2v) is 2.39. The van der Waals surface area contributed by atoms with Crippen LogP contribution in [0.1, 0.15) is 0 Å². The van der Waals surface area contributed by atoms with Gasteiger partial charge in [0.1, 0.15) is 6.01 Å². The molecule has 0 aromatic carbocycles. The van der Waals surface area contributed by atoms with Gasteiger partial charge in [0.15, 0.2) is 12.2 Å². The number of hydrogen-bond donors (Lipinski definition) is 2. The average molecular weight is 162 g/mol. The van der Waals surface area contributed by atoms with E-state index in [1.54, 1.807) is 0 Å². The smallest absolute Gasteiger partial charge is 0.283 e. The Bertz CT molecular complexity index is 331. The van der Waals surface area contributed by atoms with E-state index in [4.69, 9.17) is 0 Å². The van der Waals surface area contributed by atoms with Crippen LogP contribution in [-0.2, 0) is 4.79 Å². The van der Waals surface area contributed by atoms with E-state index in [1.165, 1.54) is 0 Å². The summed E-state index contributed by atoms with van der Waals surface area (Å²) in [4.78, 5) is 18.3. The number of aliphatic imine (C=N–C) groups is 2. The summed E-state index contributed by atoms with van der Waals surface area (Å²) in [5, 5.41) is 5.82. The molecule has 0 saturated carbocycles. The van der Waals surface area contributed by atoms with Crippen molar-refractivity contribution in [2.75, 3.05) is 6.67 Å². The maximum atomic E-state index is 11.1. The average Bonchev–Trinajstić information content (AvgIpc) is 2.23. The van der Waals surface area contributed by atoms with E-state index in [2.05, 4.69) is 38.5 Å². The Kier molecular flexibility index (Phi) is 1.72. The van der Waals surface area contributed by atoms with Crippen LogP contribution < -0.4 is 10.6 Å². The van der Waals surface area contributed by atoms with Gasteiger partial charge in [0.25, 0.3) is 5.91 Å². The first-order valence-electron chi connectivity index (χ1n) is 3.53. The van der Waals surface area contributed by atoms with E-state index in [0.717, 1.165) is 0 Å². The van der Waals surface area contributed by atoms with E-state index in [0.29, 0.717) is 6.67 Å². The fourth-order valence-corrected chi connectivity index (χ4v) is 0.949. The van der Waals surface area contributed by atoms with Crippen molar-refractivity contribution < 1.29 is 4.79 Å². The first kappa shape index (κ1) is 7.19. The van der Waals surface area contributed by atoms with Crippen molar-refractivity contribution in [2.45, 2.75) is 12.2 Å². The molecule has 2 unspecified atom stereocenters. The predicted molar refractivity (Wildman–Crippen MR) is 41.4 cm³/mol. The Morgan fingerprint density at radius 1 is 1.42 bits per heavy atom. The number of fused-ring (bicyclic) bond motifs is 2. The van der Waals surface area contributed by atoms with Gasteiger partial charge >= 0.3 is 0 Å². The Labute approximate surface area is 69.0 Å². The molecule has 2 bridgehead atoms. The van der Waals surface area contributed by atoms with Crippen LogP contribution in [0.15, 0.2) is 9.98 Å². The zero-order valence-corrected chi connectivity index (χ0v) is 6.16. The van der Waals surface area contributed by atoms with Gasteiger partial charge in [-0.2, -0.15) is 4.99 Å². The fourth-order valence-electron chi connectivity index (χ4n) is 0.949. The molecule has 5 heteroatoms. The molecule has 0 aliphatic carbocycles. The Balaban J connectivity index is 2.39. The lowest BCUT2D eigenvalue weighted by atomic mass is 10.3. The molecule has 5 nitrogen and oxygen atoms in total. The second-order valence-electron chi connectivity index (χ2n) is 2.39. The summed E-state index contributed by atoms with van der Waals surface area (Å²) < 4.78 is 0. The van der Waals surface area contributed by atoms with E-state index < -0.39 is 6.04 Å². The molecule has 0 aromatic rings. The molecule has 2 N–H and O–H groups in total. The van der Waals surface area contributed by atoms with E-state index in [9.17, 15) is 4.79 Å². The molecule has 0 spiro atoms. The van der Waals surface area contributed by atoms with Crippen molar-refractivity contribution in [3.8, 4) is 11.8 Å². The number of carbonyl (C=O) groups is 1. The highest BCUT2D eigenvalue weighted by Crippen LogP contribution is 1.94. The van der Waals surface area contributed by atoms with Crippen LogP contribution in [0.2, 0.25) is 0 Å². The van der Waals surface area contributed by atoms with Crippen LogP contribution in [0.5, 0.6) is 0 Å². The summed E-state index contributed by atoms with van der Waals surface area (Å²) in [6, 6.07) is 1.80. The minimum absolute atomic E-state index is 0.292. The van der Waals surface area contributed by atoms with Crippen LogP contribution in [0, 0.1) is 11.8 Å². The molecule has 0 aromatic heterocycles. The maximum Gasteiger partial charge on any atom is 0.284 e. The second kappa shape index (κ2) is 2.88. The molecular weight excluding hydrogens is 156 g/mol. The lowest BCUT2D eigenvalue weighted by Gasteiger charge is -2.05. The Hall–Kier alpha value is -1.47. The Morgan fingerprint density at radius 3 is 3.25 bits per heavy atom. The van der Waals surface area contributed by atoms with Crippen LogP contribution in [-0.4, -0.2) is 30.8 Å². The van der Waals surface area contributed by atoms with Crippen molar-refractivity contribution in [3.63, 3.8) is 0 Å². The monoisotopic (exact) mass is 162 g/mol. The van der Waals surface area contributed by atoms with Crippen LogP contribution >= 0.6 is 0 Å². The maximum absolute atomic E-state index is 11.1. The van der Waals surface area contributed by atoms with Crippen molar-refractivity contribution in [2.24, 2.45) is 9.98 Å². The fraction of sp³-hybridized carbons (Fsp3) is 0.429. The minimum atomic E-state index is -0.509. The summed E-state index contributed by atoms with van der Waals surface area (Å²) in [6.45, 7) is 0.488. The third kappa shape index (κ3) is 1.27. The van der Waals surface area contributed by atoms with Gasteiger partial charge in [0.05, 0.1) is 0 Å². The van der Waals surface area contributed by atoms with Gasteiger partial charge in [-0.1, -0.05) is 11.8 Å². The molecule has 2 atom stereocenters. The molecule has 12 heavy (non-hydrogen) atoms. The quantitative estimate of drug-likeness (QED) is 0.428. The number of hydrogen-bond acceptors (Lipinski definition) is 4. The normalized spacial score (nSPS) is 31.8. The lowest BCUT2D eigenvalue weighted by molar-refractivity contribution is -0.118. The van der Waals surface area contributed by atoms with Crippen molar-refractivity contribution in [1.82, 2.24) is 10.6 Å². The van der Waals surface area contributed by atoms with Gasteiger partial charge in [-0.3, -0.25) is 15.4 Å². The predicted octanol–water partition coefficient (Wildman–Crippen LogP) is -1.45. The third-order valence-electron chi connectivity index (χ3n) is 1.56. The van der Waals surface area contributed by atoms with Gasteiger partial charge < -0.3 is 0 Å². The zero-order valence-electron chi connectivity index (χ0n) is 6.16. The van der Waals surface area contributed by atoms with Gasteiger partial charge in [0.2, 0.25) is 0 Å². The van der Waals surface area contributed by atoms with E-state index >= 15 is 0 Å². The van der Waals surface area contributed by atoms with E-state index in [-0.39, 0.29) is 12.1 Å². The number of carbonyl (C=O) groups excluding carboxylic acids is 1. The number of amides is 1. The molecule has 0 saturated heterocycles. The largest absolute Gasteiger partial charge is 0.284 e. The highest BCUT2D eigenvalue weighted by molar-refractivity contribution is 5.90. The molecule has 2 rings (SSSR count). The summed E-state index contributed by atoms with van der Waals surface area (Å²) in [5.41, 5.74) is 0. The summed E-state index contributed by atoms with van der Waals surface area (Å²) in [7, 11) is 0. The third-order valence-corrected chi connectivity index (χ3v) is 1.56. The molecule has 60 valence electrons. The van der Waals surface area contributed by atoms with Crippen LogP contribution in [0.3, 0.4) is 0 Å². The van der Waals surface area contributed by atoms with Gasteiger partial charge in [-0.05, 0) is 0 Å². The molecule has 2 heterocycles. The molecule has 2 aliphatic heterocycles. The summed E-state index contributed by atoms with van der Waals surface area (Å²) >= 11 is 0. The van der Waals surface area contributed by atoms with Gasteiger partial charge in [-0.15, -0.1) is 4.99 Å². The SMILES string of the molecule is O=C1N=C=NC2C#CC1NCN2. The Morgan fingerprint density at radius 2 is 2.33 bits per heavy atom. The highest BCUT2D eigenvalue weighted by atomic mass is 16.1.